The molecule has 2 rings (SSSR count). The maximum atomic E-state index is 12.3. The minimum Gasteiger partial charge on any atom is -0.323 e. The van der Waals surface area contributed by atoms with E-state index in [9.17, 15) is 8.42 Å². The lowest BCUT2D eigenvalue weighted by molar-refractivity contribution is 0.601. The van der Waals surface area contributed by atoms with Crippen LogP contribution in [0, 0.1) is 13.8 Å². The van der Waals surface area contributed by atoms with E-state index in [1.54, 1.807) is 12.1 Å². The Morgan fingerprint density at radius 1 is 1.15 bits per heavy atom. The Morgan fingerprint density at radius 2 is 1.90 bits per heavy atom. The van der Waals surface area contributed by atoms with Crippen LogP contribution in [-0.2, 0) is 10.0 Å². The fourth-order valence-electron chi connectivity index (χ4n) is 1.73. The maximum Gasteiger partial charge on any atom is 0.265 e. The number of benzene rings is 1. The summed E-state index contributed by atoms with van der Waals surface area (Å²) in [5.41, 5.74) is 5.24. The van der Waals surface area contributed by atoms with E-state index in [0.29, 0.717) is 5.69 Å². The molecule has 1 heterocycles. The second-order valence-corrected chi connectivity index (χ2v) is 6.07. The van der Waals surface area contributed by atoms with Crippen molar-refractivity contribution in [1.82, 2.24) is 4.98 Å². The van der Waals surface area contributed by atoms with Crippen LogP contribution in [0.3, 0.4) is 0 Å². The Bertz CT molecular complexity index is 729. The van der Waals surface area contributed by atoms with Crippen molar-refractivity contribution in [3.63, 3.8) is 0 Å². The monoisotopic (exact) mass is 292 g/mol. The molecule has 106 valence electrons. The number of hydrazine groups is 1. The molecule has 0 unspecified atom stereocenters. The summed E-state index contributed by atoms with van der Waals surface area (Å²) in [6, 6.07) is 6.85. The molecular weight excluding hydrogens is 276 g/mol. The van der Waals surface area contributed by atoms with Crippen molar-refractivity contribution in [1.29, 1.82) is 0 Å². The van der Waals surface area contributed by atoms with E-state index in [0.717, 1.165) is 11.1 Å². The van der Waals surface area contributed by atoms with Gasteiger partial charge >= 0.3 is 0 Å². The Morgan fingerprint density at radius 3 is 2.55 bits per heavy atom. The number of nitrogen functional groups attached to an aromatic ring is 1. The van der Waals surface area contributed by atoms with Crippen LogP contribution in [-0.4, -0.2) is 13.4 Å². The van der Waals surface area contributed by atoms with Crippen LogP contribution in [0.5, 0.6) is 0 Å². The van der Waals surface area contributed by atoms with Crippen molar-refractivity contribution in [2.45, 2.75) is 18.7 Å². The van der Waals surface area contributed by atoms with Gasteiger partial charge in [-0.25, -0.2) is 8.42 Å². The third-order valence-electron chi connectivity index (χ3n) is 2.99. The molecule has 0 bridgehead atoms. The van der Waals surface area contributed by atoms with E-state index in [4.69, 9.17) is 5.84 Å². The Balaban J connectivity index is 2.38. The fraction of sp³-hybridized carbons (Fsp3) is 0.154. The summed E-state index contributed by atoms with van der Waals surface area (Å²) in [7, 11) is -3.74. The first-order chi connectivity index (χ1) is 9.44. The summed E-state index contributed by atoms with van der Waals surface area (Å²) in [6.07, 6.45) is 2.71. The van der Waals surface area contributed by atoms with Gasteiger partial charge in [0.15, 0.2) is 0 Å². The smallest absolute Gasteiger partial charge is 0.265 e. The van der Waals surface area contributed by atoms with Gasteiger partial charge in [0, 0.05) is 18.1 Å². The Kier molecular flexibility index (Phi) is 3.91. The minimum atomic E-state index is -3.74. The highest BCUT2D eigenvalue weighted by molar-refractivity contribution is 7.92. The molecule has 6 nitrogen and oxygen atoms in total. The van der Waals surface area contributed by atoms with Gasteiger partial charge in [-0.15, -0.1) is 0 Å². The van der Waals surface area contributed by atoms with Gasteiger partial charge in [-0.2, -0.15) is 0 Å². The Hall–Kier alpha value is -2.12. The zero-order valence-electron chi connectivity index (χ0n) is 11.2. The van der Waals surface area contributed by atoms with Crippen LogP contribution in [0.15, 0.2) is 41.6 Å². The first-order valence-electron chi connectivity index (χ1n) is 5.95. The molecule has 0 atom stereocenters. The zero-order chi connectivity index (χ0) is 14.8. The average molecular weight is 292 g/mol. The number of nitrogens with one attached hydrogen (secondary N) is 2. The first kappa shape index (κ1) is 14.3. The number of sulfonamides is 1. The van der Waals surface area contributed by atoms with E-state index < -0.39 is 10.0 Å². The average Bonchev–Trinajstić information content (AvgIpc) is 2.42. The quantitative estimate of drug-likeness (QED) is 0.589. The summed E-state index contributed by atoms with van der Waals surface area (Å²) in [5, 5.41) is 0. The molecule has 0 saturated heterocycles. The lowest BCUT2D eigenvalue weighted by Gasteiger charge is -2.12. The standard InChI is InChI=1S/C13H16N4O2S/c1-9-3-4-11(7-10(9)2)17-20(18,19)13-8-15-6-5-12(13)16-14/h3-8,17H,14H2,1-2H3,(H,15,16). The van der Waals surface area contributed by atoms with Gasteiger partial charge in [-0.1, -0.05) is 6.07 Å². The van der Waals surface area contributed by atoms with Gasteiger partial charge in [0.1, 0.15) is 4.90 Å². The number of nitrogens with zero attached hydrogens (tertiary/aromatic N) is 1. The SMILES string of the molecule is Cc1ccc(NS(=O)(=O)c2cnccc2NN)cc1C. The molecule has 2 aromatic rings. The second kappa shape index (κ2) is 5.48. The van der Waals surface area contributed by atoms with Gasteiger partial charge in [0.25, 0.3) is 10.0 Å². The van der Waals surface area contributed by atoms with Crippen LogP contribution in [0.25, 0.3) is 0 Å². The molecule has 0 aliphatic heterocycles. The van der Waals surface area contributed by atoms with Gasteiger partial charge in [0.05, 0.1) is 5.69 Å². The number of hydrogen-bond acceptors (Lipinski definition) is 5. The molecule has 0 fully saturated rings. The third-order valence-corrected chi connectivity index (χ3v) is 4.40. The molecular formula is C13H16N4O2S. The molecule has 4 N–H and O–H groups in total. The molecule has 0 saturated carbocycles. The second-order valence-electron chi connectivity index (χ2n) is 4.42. The highest BCUT2D eigenvalue weighted by Gasteiger charge is 2.18. The van der Waals surface area contributed by atoms with Crippen molar-refractivity contribution in [2.75, 3.05) is 10.1 Å². The lowest BCUT2D eigenvalue weighted by atomic mass is 10.1. The van der Waals surface area contributed by atoms with Crippen molar-refractivity contribution in [2.24, 2.45) is 5.84 Å². The number of anilines is 2. The van der Waals surface area contributed by atoms with Crippen LogP contribution in [0.1, 0.15) is 11.1 Å². The molecule has 1 aromatic heterocycles. The molecule has 0 aliphatic carbocycles. The van der Waals surface area contributed by atoms with Crippen molar-refractivity contribution >= 4 is 21.4 Å². The predicted octanol–water partition coefficient (Wildman–Crippen LogP) is 1.78. The molecule has 1 aromatic carbocycles. The van der Waals surface area contributed by atoms with Crippen molar-refractivity contribution in [3.05, 3.63) is 47.8 Å². The number of aryl methyl sites for hydroxylation is 2. The van der Waals surface area contributed by atoms with E-state index in [1.165, 1.54) is 18.5 Å². The van der Waals surface area contributed by atoms with E-state index >= 15 is 0 Å². The van der Waals surface area contributed by atoms with E-state index in [2.05, 4.69) is 15.1 Å². The fourth-order valence-corrected chi connectivity index (χ4v) is 2.89. The van der Waals surface area contributed by atoms with Crippen LogP contribution < -0.4 is 16.0 Å². The summed E-state index contributed by atoms with van der Waals surface area (Å²) in [5.74, 6) is 5.31. The predicted molar refractivity (Wildman–Crippen MR) is 78.8 cm³/mol. The highest BCUT2D eigenvalue weighted by Crippen LogP contribution is 2.23. The van der Waals surface area contributed by atoms with Crippen LogP contribution >= 0.6 is 0 Å². The van der Waals surface area contributed by atoms with Gasteiger partial charge < -0.3 is 5.43 Å². The normalized spacial score (nSPS) is 11.2. The van der Waals surface area contributed by atoms with E-state index in [-0.39, 0.29) is 10.6 Å². The topological polar surface area (TPSA) is 97.1 Å². The van der Waals surface area contributed by atoms with Crippen LogP contribution in [0.2, 0.25) is 0 Å². The number of pyridine rings is 1. The van der Waals surface area contributed by atoms with Crippen molar-refractivity contribution < 1.29 is 8.42 Å². The number of aromatic nitrogens is 1. The van der Waals surface area contributed by atoms with Gasteiger partial charge in [-0.05, 0) is 43.2 Å². The summed E-state index contributed by atoms with van der Waals surface area (Å²) in [6.45, 7) is 3.88. The minimum absolute atomic E-state index is 0.000674. The third kappa shape index (κ3) is 2.89. The van der Waals surface area contributed by atoms with Crippen molar-refractivity contribution in [3.8, 4) is 0 Å². The van der Waals surface area contributed by atoms with E-state index in [1.807, 2.05) is 19.9 Å². The van der Waals surface area contributed by atoms with Gasteiger partial charge in [-0.3, -0.25) is 15.5 Å². The summed E-state index contributed by atoms with van der Waals surface area (Å²) >= 11 is 0. The molecule has 0 spiro atoms. The van der Waals surface area contributed by atoms with Crippen LogP contribution in [0.4, 0.5) is 11.4 Å². The maximum absolute atomic E-state index is 12.3. The summed E-state index contributed by atoms with van der Waals surface area (Å²) < 4.78 is 27.2. The number of nitrogens with two attached hydrogens (primary N) is 1. The zero-order valence-corrected chi connectivity index (χ0v) is 12.0. The molecule has 0 amide bonds. The molecule has 0 aliphatic rings. The van der Waals surface area contributed by atoms with Gasteiger partial charge in [0.2, 0.25) is 0 Å². The number of hydrogen-bond donors (Lipinski definition) is 3. The lowest BCUT2D eigenvalue weighted by Crippen LogP contribution is -2.17. The molecule has 7 heteroatoms. The molecule has 20 heavy (non-hydrogen) atoms. The number of rotatable bonds is 4. The summed E-state index contributed by atoms with van der Waals surface area (Å²) in [4.78, 5) is 3.82. The highest BCUT2D eigenvalue weighted by atomic mass is 32.2. The first-order valence-corrected chi connectivity index (χ1v) is 7.43. The molecule has 0 radical (unpaired) electrons. The Labute approximate surface area is 118 Å². The largest absolute Gasteiger partial charge is 0.323 e.